The van der Waals surface area contributed by atoms with Gasteiger partial charge in [-0.15, -0.1) is 0 Å². The molecule has 1 aromatic carbocycles. The minimum absolute atomic E-state index is 0.0205. The van der Waals surface area contributed by atoms with E-state index in [1.54, 1.807) is 0 Å². The number of ether oxygens (including phenoxy) is 1. The van der Waals surface area contributed by atoms with Crippen LogP contribution in [0.5, 0.6) is 5.75 Å². The Morgan fingerprint density at radius 1 is 1.35 bits per heavy atom. The van der Waals surface area contributed by atoms with Gasteiger partial charge in [-0.2, -0.15) is 0 Å². The van der Waals surface area contributed by atoms with Crippen LogP contribution in [0.15, 0.2) is 24.3 Å². The van der Waals surface area contributed by atoms with Gasteiger partial charge < -0.3 is 10.1 Å². The molecular formula is C19H28N2O2. The van der Waals surface area contributed by atoms with Crippen LogP contribution in [-0.4, -0.2) is 42.1 Å². The van der Waals surface area contributed by atoms with Gasteiger partial charge >= 0.3 is 0 Å². The molecule has 1 saturated carbocycles. The molecule has 0 spiro atoms. The van der Waals surface area contributed by atoms with Crippen LogP contribution in [0.3, 0.4) is 0 Å². The molecule has 0 unspecified atom stereocenters. The second-order valence-corrected chi connectivity index (χ2v) is 6.94. The lowest BCUT2D eigenvalue weighted by Crippen LogP contribution is -2.49. The Kier molecular flexibility index (Phi) is 5.21. The summed E-state index contributed by atoms with van der Waals surface area (Å²) in [4.78, 5) is 14.9. The quantitative estimate of drug-likeness (QED) is 0.877. The summed E-state index contributed by atoms with van der Waals surface area (Å²) >= 11 is 0. The molecule has 1 aliphatic heterocycles. The highest BCUT2D eigenvalue weighted by Gasteiger charge is 2.35. The summed E-state index contributed by atoms with van der Waals surface area (Å²) in [5.74, 6) is 0.734. The average molecular weight is 316 g/mol. The molecule has 23 heavy (non-hydrogen) atoms. The van der Waals surface area contributed by atoms with E-state index >= 15 is 0 Å². The fraction of sp³-hybridized carbons (Fsp3) is 0.632. The van der Waals surface area contributed by atoms with E-state index in [1.165, 1.54) is 38.6 Å². The van der Waals surface area contributed by atoms with Crippen molar-refractivity contribution < 1.29 is 9.53 Å². The maximum absolute atomic E-state index is 12.3. The number of carbonyl (C=O) groups excluding carboxylic acids is 1. The number of nitrogens with one attached hydrogen (secondary N) is 1. The van der Waals surface area contributed by atoms with Gasteiger partial charge in [0.15, 0.2) is 6.10 Å². The zero-order chi connectivity index (χ0) is 16.2. The van der Waals surface area contributed by atoms with E-state index in [4.69, 9.17) is 4.74 Å². The number of hydrogen-bond donors (Lipinski definition) is 1. The molecule has 1 aromatic rings. The van der Waals surface area contributed by atoms with Crippen molar-refractivity contribution >= 4 is 5.91 Å². The average Bonchev–Trinajstić information content (AvgIpc) is 3.37. The monoisotopic (exact) mass is 316 g/mol. The number of likely N-dealkylation sites (tertiary alicyclic amines) is 1. The number of nitrogens with zero attached hydrogens (tertiary/aromatic N) is 1. The Labute approximate surface area is 139 Å². The Hall–Kier alpha value is -1.55. The van der Waals surface area contributed by atoms with Crippen molar-refractivity contribution in [2.75, 3.05) is 13.1 Å². The lowest BCUT2D eigenvalue weighted by molar-refractivity contribution is -0.127. The normalized spacial score (nSPS) is 23.3. The first-order valence-electron chi connectivity index (χ1n) is 8.90. The van der Waals surface area contributed by atoms with Crippen molar-refractivity contribution in [2.45, 2.75) is 64.1 Å². The zero-order valence-corrected chi connectivity index (χ0v) is 14.3. The number of rotatable bonds is 6. The smallest absolute Gasteiger partial charge is 0.260 e. The molecule has 4 nitrogen and oxygen atoms in total. The third kappa shape index (κ3) is 4.47. The summed E-state index contributed by atoms with van der Waals surface area (Å²) in [6.07, 6.45) is 5.97. The highest BCUT2D eigenvalue weighted by molar-refractivity contribution is 5.80. The third-order valence-corrected chi connectivity index (χ3v) is 4.87. The van der Waals surface area contributed by atoms with E-state index in [-0.39, 0.29) is 5.91 Å². The largest absolute Gasteiger partial charge is 0.481 e. The van der Waals surface area contributed by atoms with Crippen molar-refractivity contribution in [3.05, 3.63) is 29.8 Å². The van der Waals surface area contributed by atoms with Gasteiger partial charge in [0.2, 0.25) is 0 Å². The van der Waals surface area contributed by atoms with Crippen molar-refractivity contribution in [3.63, 3.8) is 0 Å². The van der Waals surface area contributed by atoms with Gasteiger partial charge in [-0.25, -0.2) is 0 Å². The van der Waals surface area contributed by atoms with E-state index in [0.717, 1.165) is 23.9 Å². The topological polar surface area (TPSA) is 41.6 Å². The highest BCUT2D eigenvalue weighted by atomic mass is 16.5. The molecule has 0 radical (unpaired) electrons. The van der Waals surface area contributed by atoms with Gasteiger partial charge in [0.25, 0.3) is 5.91 Å². The number of aryl methyl sites for hydroxylation is 1. The molecule has 2 aliphatic rings. The lowest BCUT2D eigenvalue weighted by atomic mass is 10.0. The van der Waals surface area contributed by atoms with Crippen LogP contribution in [0, 0.1) is 6.92 Å². The maximum Gasteiger partial charge on any atom is 0.260 e. The number of piperidine rings is 1. The lowest BCUT2D eigenvalue weighted by Gasteiger charge is -2.36. The van der Waals surface area contributed by atoms with Crippen molar-refractivity contribution in [1.82, 2.24) is 10.2 Å². The van der Waals surface area contributed by atoms with Crippen LogP contribution < -0.4 is 10.1 Å². The van der Waals surface area contributed by atoms with Crippen molar-refractivity contribution in [3.8, 4) is 5.75 Å². The van der Waals surface area contributed by atoms with Crippen LogP contribution in [0.25, 0.3) is 0 Å². The molecule has 1 heterocycles. The Morgan fingerprint density at radius 3 is 2.91 bits per heavy atom. The molecule has 126 valence electrons. The molecule has 1 aliphatic carbocycles. The summed E-state index contributed by atoms with van der Waals surface area (Å²) in [7, 11) is 0. The summed E-state index contributed by atoms with van der Waals surface area (Å²) in [5.41, 5.74) is 1.14. The Balaban J connectivity index is 1.48. The maximum atomic E-state index is 12.3. The van der Waals surface area contributed by atoms with Crippen LogP contribution in [0.2, 0.25) is 0 Å². The number of carbonyl (C=O) groups is 1. The Morgan fingerprint density at radius 2 is 2.17 bits per heavy atom. The first-order valence-corrected chi connectivity index (χ1v) is 8.90. The van der Waals surface area contributed by atoms with Crippen LogP contribution >= 0.6 is 0 Å². The minimum Gasteiger partial charge on any atom is -0.481 e. The molecular weight excluding hydrogens is 288 g/mol. The predicted molar refractivity (Wildman–Crippen MR) is 91.6 cm³/mol. The number of hydrogen-bond acceptors (Lipinski definition) is 3. The van der Waals surface area contributed by atoms with E-state index in [2.05, 4.69) is 10.2 Å². The first kappa shape index (κ1) is 16.3. The zero-order valence-electron chi connectivity index (χ0n) is 14.3. The van der Waals surface area contributed by atoms with Crippen LogP contribution in [0.1, 0.15) is 44.6 Å². The van der Waals surface area contributed by atoms with Crippen molar-refractivity contribution in [1.29, 1.82) is 0 Å². The van der Waals surface area contributed by atoms with Gasteiger partial charge in [0.05, 0.1) is 0 Å². The standard InChI is InChI=1S/C19H28N2O2/c1-14-6-5-8-18(12-14)23-15(2)19(22)20-13-17-7-3-4-11-21(17)16-9-10-16/h5-6,8,12,15-17H,3-4,7,9-11,13H2,1-2H3,(H,20,22)/t15-,17-/m0/s1. The van der Waals surface area contributed by atoms with Crippen LogP contribution in [0.4, 0.5) is 0 Å². The number of benzene rings is 1. The SMILES string of the molecule is Cc1cccc(O[C@@H](C)C(=O)NC[C@@H]2CCCCN2C2CC2)c1. The molecule has 2 fully saturated rings. The molecule has 2 atom stereocenters. The molecule has 3 rings (SSSR count). The summed E-state index contributed by atoms with van der Waals surface area (Å²) in [6, 6.07) is 9.11. The summed E-state index contributed by atoms with van der Waals surface area (Å²) in [6.45, 7) is 5.78. The van der Waals surface area contributed by atoms with Gasteiger partial charge in [0.1, 0.15) is 5.75 Å². The molecule has 1 N–H and O–H groups in total. The minimum atomic E-state index is -0.463. The fourth-order valence-corrected chi connectivity index (χ4v) is 3.44. The third-order valence-electron chi connectivity index (χ3n) is 4.87. The van der Waals surface area contributed by atoms with E-state index < -0.39 is 6.10 Å². The molecule has 0 bridgehead atoms. The van der Waals surface area contributed by atoms with E-state index in [1.807, 2.05) is 38.1 Å². The van der Waals surface area contributed by atoms with Crippen LogP contribution in [-0.2, 0) is 4.79 Å². The Bertz CT molecular complexity index is 542. The summed E-state index contributed by atoms with van der Waals surface area (Å²) < 4.78 is 5.76. The van der Waals surface area contributed by atoms with E-state index in [0.29, 0.717) is 6.04 Å². The summed E-state index contributed by atoms with van der Waals surface area (Å²) in [5, 5.41) is 3.09. The second kappa shape index (κ2) is 7.35. The fourth-order valence-electron chi connectivity index (χ4n) is 3.44. The number of amides is 1. The molecule has 1 saturated heterocycles. The van der Waals surface area contributed by atoms with E-state index in [9.17, 15) is 4.79 Å². The van der Waals surface area contributed by atoms with Gasteiger partial charge in [-0.05, 0) is 63.8 Å². The van der Waals surface area contributed by atoms with Gasteiger partial charge in [-0.1, -0.05) is 18.6 Å². The molecule has 1 amide bonds. The first-order chi connectivity index (χ1) is 11.1. The highest BCUT2D eigenvalue weighted by Crippen LogP contribution is 2.32. The molecule has 0 aromatic heterocycles. The predicted octanol–water partition coefficient (Wildman–Crippen LogP) is 2.90. The molecule has 4 heteroatoms. The van der Waals surface area contributed by atoms with Crippen molar-refractivity contribution in [2.24, 2.45) is 0 Å². The van der Waals surface area contributed by atoms with Gasteiger partial charge in [0, 0.05) is 18.6 Å². The van der Waals surface area contributed by atoms with Gasteiger partial charge in [-0.3, -0.25) is 9.69 Å². The second-order valence-electron chi connectivity index (χ2n) is 6.94.